The number of nitrogens with one attached hydrogen (secondary N) is 1. The first-order valence-corrected chi connectivity index (χ1v) is 5.75. The molecule has 8 heteroatoms. The third kappa shape index (κ3) is 3.49. The van der Waals surface area contributed by atoms with Gasteiger partial charge in [0.1, 0.15) is 0 Å². The van der Waals surface area contributed by atoms with Gasteiger partial charge >= 0.3 is 6.29 Å². The van der Waals surface area contributed by atoms with Gasteiger partial charge in [-0.05, 0) is 19.1 Å². The van der Waals surface area contributed by atoms with Crippen molar-refractivity contribution in [1.29, 1.82) is 0 Å². The molecule has 1 aromatic rings. The van der Waals surface area contributed by atoms with Crippen LogP contribution >= 0.6 is 12.4 Å². The first kappa shape index (κ1) is 16.5. The van der Waals surface area contributed by atoms with Gasteiger partial charge in [-0.25, -0.2) is 0 Å². The number of hydrogen-bond donors (Lipinski definition) is 2. The Morgan fingerprint density at radius 3 is 2.50 bits per heavy atom. The highest BCUT2D eigenvalue weighted by atomic mass is 35.5. The highest BCUT2D eigenvalue weighted by Crippen LogP contribution is 2.42. The second-order valence-electron chi connectivity index (χ2n) is 4.47. The van der Waals surface area contributed by atoms with E-state index in [1.165, 1.54) is 18.2 Å². The molecule has 0 bridgehead atoms. The molecule has 0 radical (unpaired) electrons. The fourth-order valence-corrected chi connectivity index (χ4v) is 1.52. The first-order chi connectivity index (χ1) is 8.78. The third-order valence-electron chi connectivity index (χ3n) is 2.87. The average molecular weight is 309 g/mol. The van der Waals surface area contributed by atoms with Gasteiger partial charge in [0.2, 0.25) is 5.91 Å². The van der Waals surface area contributed by atoms with Crippen molar-refractivity contribution in [2.24, 2.45) is 11.7 Å². The molecule has 1 aliphatic rings. The Hall–Kier alpha value is -1.60. The van der Waals surface area contributed by atoms with Gasteiger partial charge < -0.3 is 20.5 Å². The molecule has 0 saturated carbocycles. The third-order valence-corrected chi connectivity index (χ3v) is 2.87. The van der Waals surface area contributed by atoms with Crippen LogP contribution in [0.3, 0.4) is 0 Å². The molecule has 5 nitrogen and oxygen atoms in total. The summed E-state index contributed by atoms with van der Waals surface area (Å²) in [6.45, 7) is 3.39. The number of nitrogens with two attached hydrogens (primary N) is 1. The van der Waals surface area contributed by atoms with E-state index in [9.17, 15) is 13.6 Å². The van der Waals surface area contributed by atoms with Gasteiger partial charge in [0.25, 0.3) is 0 Å². The van der Waals surface area contributed by atoms with E-state index >= 15 is 0 Å². The standard InChI is InChI=1S/C12H14F2N2O3.ClH/c1-6(7(2)15)11(17)16-8-3-4-9-10(5-8)19-12(13,14)18-9;/h3-7H,15H2,1-2H3,(H,16,17);1H. The van der Waals surface area contributed by atoms with Crippen LogP contribution < -0.4 is 20.5 Å². The monoisotopic (exact) mass is 308 g/mol. The number of carbonyl (C=O) groups excluding carboxylic acids is 1. The summed E-state index contributed by atoms with van der Waals surface area (Å²) in [7, 11) is 0. The second kappa shape index (κ2) is 5.80. The number of ether oxygens (including phenoxy) is 2. The average Bonchev–Trinajstić information content (AvgIpc) is 2.60. The fraction of sp³-hybridized carbons (Fsp3) is 0.417. The summed E-state index contributed by atoms with van der Waals surface area (Å²) >= 11 is 0. The van der Waals surface area contributed by atoms with Crippen molar-refractivity contribution >= 4 is 24.0 Å². The Balaban J connectivity index is 0.00000200. The van der Waals surface area contributed by atoms with Crippen molar-refractivity contribution in [3.8, 4) is 11.5 Å². The van der Waals surface area contributed by atoms with Crippen LogP contribution in [0.15, 0.2) is 18.2 Å². The molecule has 0 saturated heterocycles. The number of anilines is 1. The predicted molar refractivity (Wildman–Crippen MR) is 71.3 cm³/mol. The van der Waals surface area contributed by atoms with Gasteiger partial charge in [-0.1, -0.05) is 6.92 Å². The van der Waals surface area contributed by atoms with Crippen LogP contribution in [0.4, 0.5) is 14.5 Å². The van der Waals surface area contributed by atoms with Crippen molar-refractivity contribution in [1.82, 2.24) is 0 Å². The first-order valence-electron chi connectivity index (χ1n) is 5.75. The molecular formula is C12H15ClF2N2O3. The molecule has 2 rings (SSSR count). The van der Waals surface area contributed by atoms with Crippen LogP contribution in [0.1, 0.15) is 13.8 Å². The normalized spacial score (nSPS) is 17.9. The summed E-state index contributed by atoms with van der Waals surface area (Å²) in [6, 6.07) is 3.73. The Morgan fingerprint density at radius 1 is 1.30 bits per heavy atom. The lowest BCUT2D eigenvalue weighted by Gasteiger charge is -2.15. The summed E-state index contributed by atoms with van der Waals surface area (Å²) in [5.74, 6) is -0.869. The molecule has 1 aromatic carbocycles. The largest absolute Gasteiger partial charge is 0.586 e. The predicted octanol–water partition coefficient (Wildman–Crippen LogP) is 2.35. The van der Waals surface area contributed by atoms with Gasteiger partial charge in [0.05, 0.1) is 5.92 Å². The highest BCUT2D eigenvalue weighted by Gasteiger charge is 2.43. The van der Waals surface area contributed by atoms with E-state index in [0.717, 1.165) is 0 Å². The highest BCUT2D eigenvalue weighted by molar-refractivity contribution is 5.93. The Labute approximate surface area is 120 Å². The Kier molecular flexibility index (Phi) is 4.77. The van der Waals surface area contributed by atoms with Crippen LogP contribution in [-0.4, -0.2) is 18.2 Å². The minimum atomic E-state index is -3.66. The lowest BCUT2D eigenvalue weighted by molar-refractivity contribution is -0.286. The van der Waals surface area contributed by atoms with E-state index in [1.54, 1.807) is 13.8 Å². The van der Waals surface area contributed by atoms with Gasteiger partial charge in [0.15, 0.2) is 11.5 Å². The number of rotatable bonds is 3. The molecular weight excluding hydrogens is 294 g/mol. The number of halogens is 3. The zero-order valence-corrected chi connectivity index (χ0v) is 11.7. The van der Waals surface area contributed by atoms with Crippen molar-refractivity contribution in [2.45, 2.75) is 26.2 Å². The smallest absolute Gasteiger partial charge is 0.395 e. The minimum absolute atomic E-state index is 0. The summed E-state index contributed by atoms with van der Waals surface area (Å²) in [5, 5.41) is 2.58. The summed E-state index contributed by atoms with van der Waals surface area (Å²) in [6.07, 6.45) is -3.66. The van der Waals surface area contributed by atoms with Gasteiger partial charge in [-0.15, -0.1) is 21.2 Å². The second-order valence-corrected chi connectivity index (χ2v) is 4.47. The van der Waals surface area contributed by atoms with Crippen molar-refractivity contribution in [3.05, 3.63) is 18.2 Å². The number of amides is 1. The molecule has 20 heavy (non-hydrogen) atoms. The van der Waals surface area contributed by atoms with Crippen LogP contribution in [-0.2, 0) is 4.79 Å². The topological polar surface area (TPSA) is 73.6 Å². The maximum Gasteiger partial charge on any atom is 0.586 e. The van der Waals surface area contributed by atoms with Gasteiger partial charge in [0, 0.05) is 17.8 Å². The molecule has 2 atom stereocenters. The molecule has 1 amide bonds. The zero-order valence-electron chi connectivity index (χ0n) is 10.9. The zero-order chi connectivity index (χ0) is 14.2. The summed E-state index contributed by atoms with van der Waals surface area (Å²) in [4.78, 5) is 11.8. The molecule has 3 N–H and O–H groups in total. The number of alkyl halides is 2. The fourth-order valence-electron chi connectivity index (χ4n) is 1.52. The van der Waals surface area contributed by atoms with Crippen LogP contribution in [0.2, 0.25) is 0 Å². The molecule has 2 unspecified atom stereocenters. The maximum atomic E-state index is 12.8. The molecule has 0 aromatic heterocycles. The van der Waals surface area contributed by atoms with E-state index in [1.807, 2.05) is 0 Å². The number of carbonyl (C=O) groups is 1. The quantitative estimate of drug-likeness (QED) is 0.899. The number of hydrogen-bond acceptors (Lipinski definition) is 4. The summed E-state index contributed by atoms with van der Waals surface area (Å²) in [5.41, 5.74) is 5.96. The van der Waals surface area contributed by atoms with E-state index < -0.39 is 12.2 Å². The number of benzene rings is 1. The van der Waals surface area contributed by atoms with Crippen molar-refractivity contribution in [2.75, 3.05) is 5.32 Å². The maximum absolute atomic E-state index is 12.8. The van der Waals surface area contributed by atoms with Crippen LogP contribution in [0, 0.1) is 5.92 Å². The SMILES string of the molecule is CC(N)C(C)C(=O)Nc1ccc2c(c1)OC(F)(F)O2.Cl. The lowest BCUT2D eigenvalue weighted by atomic mass is 10.0. The molecule has 112 valence electrons. The Bertz CT molecular complexity index is 511. The van der Waals surface area contributed by atoms with E-state index in [2.05, 4.69) is 14.8 Å². The molecule has 1 heterocycles. The molecule has 0 aliphatic carbocycles. The summed E-state index contributed by atoms with van der Waals surface area (Å²) < 4.78 is 34.2. The van der Waals surface area contributed by atoms with Crippen LogP contribution in [0.25, 0.3) is 0 Å². The van der Waals surface area contributed by atoms with E-state index in [0.29, 0.717) is 5.69 Å². The van der Waals surface area contributed by atoms with E-state index in [4.69, 9.17) is 5.73 Å². The van der Waals surface area contributed by atoms with Crippen LogP contribution in [0.5, 0.6) is 11.5 Å². The van der Waals surface area contributed by atoms with Gasteiger partial charge in [-0.3, -0.25) is 4.79 Å². The Morgan fingerprint density at radius 2 is 1.90 bits per heavy atom. The minimum Gasteiger partial charge on any atom is -0.395 e. The molecule has 0 spiro atoms. The van der Waals surface area contributed by atoms with E-state index in [-0.39, 0.29) is 35.9 Å². The van der Waals surface area contributed by atoms with Crippen molar-refractivity contribution < 1.29 is 23.0 Å². The number of fused-ring (bicyclic) bond motifs is 1. The van der Waals surface area contributed by atoms with Gasteiger partial charge in [-0.2, -0.15) is 0 Å². The molecule has 0 fully saturated rings. The lowest BCUT2D eigenvalue weighted by Crippen LogP contribution is -2.34. The molecule has 1 aliphatic heterocycles. The van der Waals surface area contributed by atoms with Crippen molar-refractivity contribution in [3.63, 3.8) is 0 Å².